The summed E-state index contributed by atoms with van der Waals surface area (Å²) in [5.41, 5.74) is 0.942. The average molecular weight is 914 g/mol. The molecule has 6 aliphatic rings. The Hall–Kier alpha value is -4.18. The fraction of sp³-hybridized carbons (Fsp3) is 0.654. The van der Waals surface area contributed by atoms with Crippen molar-refractivity contribution in [3.8, 4) is 0 Å². The van der Waals surface area contributed by atoms with Gasteiger partial charge in [0.05, 0.1) is 31.4 Å². The van der Waals surface area contributed by atoms with Crippen LogP contribution in [-0.4, -0.2) is 101 Å². The topological polar surface area (TPSA) is 174 Å². The second-order valence-electron chi connectivity index (χ2n) is 20.5. The molecule has 0 radical (unpaired) electrons. The third kappa shape index (κ3) is 10.9. The van der Waals surface area contributed by atoms with Crippen LogP contribution in [0.4, 0.5) is 0 Å². The summed E-state index contributed by atoms with van der Waals surface area (Å²) < 4.78 is 31.4. The summed E-state index contributed by atoms with van der Waals surface area (Å²) in [6, 6.07) is 13.3. The lowest BCUT2D eigenvalue weighted by Gasteiger charge is -2.48. The number of carbonyl (C=O) groups is 4. The number of epoxide rings is 1. The third-order valence-electron chi connectivity index (χ3n) is 14.2. The highest BCUT2D eigenvalue weighted by atomic mass is 16.8. The van der Waals surface area contributed by atoms with Crippen molar-refractivity contribution in [2.24, 2.45) is 11.3 Å². The van der Waals surface area contributed by atoms with Crippen LogP contribution in [0.15, 0.2) is 54.6 Å². The van der Waals surface area contributed by atoms with Gasteiger partial charge < -0.3 is 39.4 Å². The molecule has 3 N–H and O–H groups in total. The number of unbranched alkanes of at least 4 members (excludes halogenated alkanes) is 4. The molecule has 2 aromatic carbocycles. The van der Waals surface area contributed by atoms with E-state index in [0.29, 0.717) is 42.1 Å². The van der Waals surface area contributed by atoms with Crippen LogP contribution < -0.4 is 10.6 Å². The van der Waals surface area contributed by atoms with Crippen molar-refractivity contribution in [1.82, 2.24) is 15.7 Å². The van der Waals surface area contributed by atoms with Gasteiger partial charge in [0.15, 0.2) is 11.8 Å². The first kappa shape index (κ1) is 48.3. The Balaban J connectivity index is 1.02. The number of hydrogen-bond acceptors (Lipinski definition) is 12. The van der Waals surface area contributed by atoms with Crippen molar-refractivity contribution in [2.75, 3.05) is 6.61 Å². The van der Waals surface area contributed by atoms with E-state index in [2.05, 4.69) is 48.8 Å². The van der Waals surface area contributed by atoms with Gasteiger partial charge in [-0.1, -0.05) is 88.1 Å². The predicted molar refractivity (Wildman–Crippen MR) is 245 cm³/mol. The smallest absolute Gasteiger partial charge is 0.327 e. The molecular weight excluding hydrogens is 843 g/mol. The number of aliphatic hydroxyl groups excluding tert-OH is 1. The number of benzene rings is 2. The zero-order valence-electron chi connectivity index (χ0n) is 39.5. The van der Waals surface area contributed by atoms with E-state index in [1.54, 1.807) is 44.0 Å². The molecule has 2 aliphatic carbocycles. The number of ether oxygens (including phenoxy) is 5. The lowest BCUT2D eigenvalue weighted by Crippen LogP contribution is -2.69. The minimum absolute atomic E-state index is 0.0345. The van der Waals surface area contributed by atoms with Crippen molar-refractivity contribution in [3.63, 3.8) is 0 Å². The van der Waals surface area contributed by atoms with Gasteiger partial charge in [-0.05, 0) is 94.0 Å². The maximum atomic E-state index is 15.1. The molecule has 14 nitrogen and oxygen atoms in total. The number of hydrogen-bond donors (Lipinski definition) is 3. The second kappa shape index (κ2) is 20.6. The summed E-state index contributed by atoms with van der Waals surface area (Å²) in [4.78, 5) is 62.2. The van der Waals surface area contributed by atoms with Gasteiger partial charge in [-0.15, -0.1) is 0 Å². The molecule has 0 aromatic heterocycles. The molecular formula is C52H71N3O11. The molecule has 14 heteroatoms. The van der Waals surface area contributed by atoms with Crippen LogP contribution in [-0.2, 0) is 56.0 Å². The van der Waals surface area contributed by atoms with Gasteiger partial charge in [-0.25, -0.2) is 0 Å². The first-order valence-electron chi connectivity index (χ1n) is 24.7. The van der Waals surface area contributed by atoms with Crippen LogP contribution >= 0.6 is 0 Å². The second-order valence-corrected chi connectivity index (χ2v) is 20.5. The number of nitrogens with one attached hydrogen (secondary N) is 2. The molecule has 2 bridgehead atoms. The molecule has 8 rings (SSSR count). The van der Waals surface area contributed by atoms with Crippen molar-refractivity contribution in [2.45, 2.75) is 198 Å². The van der Waals surface area contributed by atoms with Crippen LogP contribution in [0.25, 0.3) is 6.08 Å². The van der Waals surface area contributed by atoms with Gasteiger partial charge in [-0.2, -0.15) is 5.06 Å². The minimum atomic E-state index is -1.37. The van der Waals surface area contributed by atoms with Crippen molar-refractivity contribution in [1.29, 1.82) is 0 Å². The number of rotatable bonds is 21. The Morgan fingerprint density at radius 2 is 1.68 bits per heavy atom. The van der Waals surface area contributed by atoms with Gasteiger partial charge >= 0.3 is 11.9 Å². The summed E-state index contributed by atoms with van der Waals surface area (Å²) in [6.45, 7) is 9.63. The number of amides is 2. The zero-order valence-corrected chi connectivity index (χ0v) is 39.5. The first-order valence-corrected chi connectivity index (χ1v) is 24.7. The third-order valence-corrected chi connectivity index (χ3v) is 14.2. The van der Waals surface area contributed by atoms with E-state index < -0.39 is 71.1 Å². The van der Waals surface area contributed by atoms with Gasteiger partial charge in [0, 0.05) is 37.8 Å². The van der Waals surface area contributed by atoms with E-state index in [-0.39, 0.29) is 44.9 Å². The Labute approximate surface area is 389 Å². The Bertz CT molecular complexity index is 2080. The molecule has 3 unspecified atom stereocenters. The lowest BCUT2D eigenvalue weighted by atomic mass is 9.62. The van der Waals surface area contributed by atoms with Crippen molar-refractivity contribution < 1.29 is 52.8 Å². The van der Waals surface area contributed by atoms with E-state index in [4.69, 9.17) is 28.5 Å². The van der Waals surface area contributed by atoms with E-state index in [1.807, 2.05) is 18.2 Å². The van der Waals surface area contributed by atoms with Crippen LogP contribution in [0.1, 0.15) is 152 Å². The van der Waals surface area contributed by atoms with Crippen LogP contribution in [0, 0.1) is 11.3 Å². The average Bonchev–Trinajstić information content (AvgIpc) is 3.84. The molecule has 2 amide bonds. The lowest BCUT2D eigenvalue weighted by molar-refractivity contribution is -0.224. The highest BCUT2D eigenvalue weighted by molar-refractivity contribution is 5.95. The van der Waals surface area contributed by atoms with Crippen molar-refractivity contribution >= 4 is 29.8 Å². The SMILES string of the molecule is CCCCCC1(CCCCC)O[C@@H]2[C@H](O1)[C@H]1ON(Cc3cccc(C=CC4CCC5OC5C4)c3)[C@@H]3C(=O)O[C@@H]2C[C@]13C(=O)NCc1cccc(C(=O)N[C@H](CO)CCC(=O)OC(C)(C)C)c1. The normalized spacial score (nSPS) is 30.0. The minimum Gasteiger partial charge on any atom is -0.460 e. The quantitative estimate of drug-likeness (QED) is 0.0652. The fourth-order valence-electron chi connectivity index (χ4n) is 10.9. The molecule has 10 atom stereocenters. The number of nitrogens with zero attached hydrogens (tertiary/aromatic N) is 1. The number of hydroxylamine groups is 2. The van der Waals surface area contributed by atoms with E-state index in [0.717, 1.165) is 68.9 Å². The van der Waals surface area contributed by atoms with Crippen LogP contribution in [0.5, 0.6) is 0 Å². The molecule has 4 aliphatic heterocycles. The largest absolute Gasteiger partial charge is 0.460 e. The fourth-order valence-corrected chi connectivity index (χ4v) is 10.9. The molecule has 4 heterocycles. The predicted octanol–water partition coefficient (Wildman–Crippen LogP) is 7.24. The van der Waals surface area contributed by atoms with Crippen LogP contribution in [0.2, 0.25) is 0 Å². The molecule has 4 saturated heterocycles. The molecule has 66 heavy (non-hydrogen) atoms. The summed E-state index contributed by atoms with van der Waals surface area (Å²) in [5.74, 6) is -2.14. The zero-order chi connectivity index (χ0) is 46.6. The highest BCUT2D eigenvalue weighted by Crippen LogP contribution is 2.58. The number of allylic oxidation sites excluding steroid dienone is 1. The van der Waals surface area contributed by atoms with Gasteiger partial charge in [0.1, 0.15) is 35.4 Å². The summed E-state index contributed by atoms with van der Waals surface area (Å²) in [6.07, 6.45) is 13.6. The van der Waals surface area contributed by atoms with E-state index in [1.165, 1.54) is 0 Å². The summed E-state index contributed by atoms with van der Waals surface area (Å²) >= 11 is 0. The number of aliphatic hydroxyl groups is 1. The summed E-state index contributed by atoms with van der Waals surface area (Å²) in [7, 11) is 0. The standard InChI is InChI=1S/C52H71N3O11/c1-6-8-10-24-51(25-11-9-7-2)64-43-41-29-52(49(60)53-30-35-15-13-17-37(27-35)47(58)54-38(32-56)21-23-42(57)63-50(3,4)5)45(48(59)62-41)55(66-46(52)44(43)65-51)31-36-16-12-14-33(26-36)18-19-34-20-22-39-40(28-34)61-39/h12-19,26-27,34,38-41,43-46,56H,6-11,20-25,28-32H2,1-5H3,(H,53,60)(H,54,58)/t34?,38-,39?,40?,41+,43-,44-,45+,46+,52+/m0/s1. The molecule has 2 aromatic rings. The maximum absolute atomic E-state index is 15.1. The number of fused-ring (bicyclic) bond motifs is 5. The maximum Gasteiger partial charge on any atom is 0.327 e. The highest BCUT2D eigenvalue weighted by Gasteiger charge is 2.76. The van der Waals surface area contributed by atoms with E-state index in [9.17, 15) is 19.5 Å². The summed E-state index contributed by atoms with van der Waals surface area (Å²) in [5, 5.41) is 17.6. The molecule has 2 saturated carbocycles. The monoisotopic (exact) mass is 914 g/mol. The van der Waals surface area contributed by atoms with Gasteiger partial charge in [0.25, 0.3) is 5.91 Å². The number of esters is 2. The van der Waals surface area contributed by atoms with Gasteiger partial charge in [-0.3, -0.25) is 24.0 Å². The number of carbonyl (C=O) groups excluding carboxylic acids is 4. The molecule has 6 fully saturated rings. The first-order chi connectivity index (χ1) is 31.7. The Morgan fingerprint density at radius 3 is 2.41 bits per heavy atom. The van der Waals surface area contributed by atoms with Crippen molar-refractivity contribution in [3.05, 3.63) is 76.9 Å². The Kier molecular flexibility index (Phi) is 15.1. The van der Waals surface area contributed by atoms with E-state index >= 15 is 4.79 Å². The van der Waals surface area contributed by atoms with Crippen LogP contribution in [0.3, 0.4) is 0 Å². The molecule has 360 valence electrons. The molecule has 0 spiro atoms. The van der Waals surface area contributed by atoms with Gasteiger partial charge in [0.2, 0.25) is 5.91 Å². The Morgan fingerprint density at radius 1 is 0.939 bits per heavy atom.